The number of likely N-dealkylation sites (N-methyl/N-ethyl adjacent to an activating group) is 1. The number of benzene rings is 1. The van der Waals surface area contributed by atoms with E-state index in [9.17, 15) is 9.59 Å². The Kier molecular flexibility index (Phi) is 6.92. The Hall–Kier alpha value is -3.82. The molecule has 0 unspecified atom stereocenters. The van der Waals surface area contributed by atoms with Crippen molar-refractivity contribution in [3.05, 3.63) is 82.8 Å². The Morgan fingerprint density at radius 2 is 1.94 bits per heavy atom. The third-order valence-corrected chi connectivity index (χ3v) is 7.46. The molecule has 184 valence electrons. The zero-order chi connectivity index (χ0) is 25.1. The summed E-state index contributed by atoms with van der Waals surface area (Å²) >= 11 is 1.70. The predicted molar refractivity (Wildman–Crippen MR) is 143 cm³/mol. The van der Waals surface area contributed by atoms with Crippen LogP contribution >= 0.6 is 11.3 Å². The summed E-state index contributed by atoms with van der Waals surface area (Å²) < 4.78 is 1.22. The van der Waals surface area contributed by atoms with Crippen LogP contribution in [0.4, 0.5) is 11.4 Å². The minimum Gasteiger partial charge on any atom is -0.380 e. The smallest absolute Gasteiger partial charge is 0.252 e. The van der Waals surface area contributed by atoms with Gasteiger partial charge in [-0.3, -0.25) is 19.6 Å². The fourth-order valence-corrected chi connectivity index (χ4v) is 5.31. The van der Waals surface area contributed by atoms with Crippen LogP contribution in [0.3, 0.4) is 0 Å². The van der Waals surface area contributed by atoms with E-state index >= 15 is 0 Å². The van der Waals surface area contributed by atoms with Gasteiger partial charge in [-0.05, 0) is 47.6 Å². The molecule has 1 saturated heterocycles. The summed E-state index contributed by atoms with van der Waals surface area (Å²) in [5.41, 5.74) is 10.2. The molecule has 36 heavy (non-hydrogen) atoms. The van der Waals surface area contributed by atoms with Crippen LogP contribution in [0.5, 0.6) is 0 Å². The highest BCUT2D eigenvalue weighted by molar-refractivity contribution is 7.17. The van der Waals surface area contributed by atoms with Crippen molar-refractivity contribution in [2.75, 3.05) is 36.9 Å². The summed E-state index contributed by atoms with van der Waals surface area (Å²) in [5.74, 6) is -0.410. The number of pyridine rings is 2. The van der Waals surface area contributed by atoms with Gasteiger partial charge in [0.15, 0.2) is 0 Å². The van der Waals surface area contributed by atoms with Gasteiger partial charge in [0.05, 0.1) is 23.1 Å². The number of hydrogen-bond acceptors (Lipinski definition) is 7. The number of aromatic nitrogens is 2. The maximum absolute atomic E-state index is 12.5. The van der Waals surface area contributed by atoms with Crippen LogP contribution in [0.25, 0.3) is 10.1 Å². The van der Waals surface area contributed by atoms with Crippen LogP contribution in [0.2, 0.25) is 0 Å². The topological polar surface area (TPSA) is 104 Å². The van der Waals surface area contributed by atoms with E-state index in [1.165, 1.54) is 16.3 Å². The Balaban J connectivity index is 1.32. The van der Waals surface area contributed by atoms with Gasteiger partial charge < -0.3 is 20.9 Å². The molecule has 0 bridgehead atoms. The van der Waals surface area contributed by atoms with Gasteiger partial charge in [-0.1, -0.05) is 18.2 Å². The standard InChI is InChI=1S/C27H28N6O2S/c1-32-9-7-25(34)33(11-10-32)22-6-5-20(29-16-22)13-21-14-24(23(17-30-21)27(28)35)31-15-19-4-2-3-18-8-12-36-26(18)19/h2-6,8,12,14,16-17H,7,9-11,13,15H2,1H3,(H2,28,35)(H,30,31). The number of carbonyl (C=O) groups excluding carboxylic acids is 2. The SMILES string of the molecule is CN1CCC(=O)N(c2ccc(Cc3cc(NCc4cccc5ccsc45)c(C(N)=O)cn3)nc2)CC1. The van der Waals surface area contributed by atoms with Crippen molar-refractivity contribution in [2.45, 2.75) is 19.4 Å². The van der Waals surface area contributed by atoms with Crippen molar-refractivity contribution in [1.29, 1.82) is 0 Å². The molecular formula is C27H28N6O2S. The largest absolute Gasteiger partial charge is 0.380 e. The molecule has 2 amide bonds. The quantitative estimate of drug-likeness (QED) is 0.401. The molecule has 1 aliphatic heterocycles. The number of nitrogens with zero attached hydrogens (tertiary/aromatic N) is 4. The molecule has 9 heteroatoms. The van der Waals surface area contributed by atoms with Crippen LogP contribution in [0.15, 0.2) is 60.2 Å². The number of nitrogens with two attached hydrogens (primary N) is 1. The fraction of sp³-hybridized carbons (Fsp3) is 0.259. The summed E-state index contributed by atoms with van der Waals surface area (Å²) in [4.78, 5) is 37.5. The van der Waals surface area contributed by atoms with Crippen LogP contribution in [0.1, 0.15) is 33.7 Å². The van der Waals surface area contributed by atoms with E-state index in [2.05, 4.69) is 43.8 Å². The third kappa shape index (κ3) is 5.22. The van der Waals surface area contributed by atoms with Gasteiger partial charge in [0.1, 0.15) is 0 Å². The number of hydrogen-bond donors (Lipinski definition) is 2. The predicted octanol–water partition coefficient (Wildman–Crippen LogP) is 3.66. The Morgan fingerprint density at radius 3 is 2.75 bits per heavy atom. The number of rotatable bonds is 7. The van der Waals surface area contributed by atoms with Crippen LogP contribution < -0.4 is 16.0 Å². The molecule has 5 rings (SSSR count). The fourth-order valence-electron chi connectivity index (χ4n) is 4.39. The van der Waals surface area contributed by atoms with Gasteiger partial charge in [-0.15, -0.1) is 11.3 Å². The third-order valence-electron chi connectivity index (χ3n) is 6.45. The number of anilines is 2. The average Bonchev–Trinajstić information content (AvgIpc) is 3.30. The van der Waals surface area contributed by atoms with Gasteiger partial charge in [-0.2, -0.15) is 0 Å². The monoisotopic (exact) mass is 500 g/mol. The molecule has 0 saturated carbocycles. The zero-order valence-corrected chi connectivity index (χ0v) is 20.9. The van der Waals surface area contributed by atoms with Crippen molar-refractivity contribution in [1.82, 2.24) is 14.9 Å². The Labute approximate surface area is 213 Å². The molecule has 8 nitrogen and oxygen atoms in total. The van der Waals surface area contributed by atoms with Crippen LogP contribution in [-0.4, -0.2) is 53.4 Å². The van der Waals surface area contributed by atoms with Gasteiger partial charge in [-0.25, -0.2) is 0 Å². The highest BCUT2D eigenvalue weighted by Crippen LogP contribution is 2.26. The number of amides is 2. The van der Waals surface area contributed by atoms with E-state index in [-0.39, 0.29) is 5.91 Å². The first kappa shape index (κ1) is 23.9. The van der Waals surface area contributed by atoms with E-state index in [0.29, 0.717) is 37.2 Å². The van der Waals surface area contributed by atoms with Crippen molar-refractivity contribution in [2.24, 2.45) is 5.73 Å². The number of fused-ring (bicyclic) bond motifs is 1. The summed E-state index contributed by atoms with van der Waals surface area (Å²) in [7, 11) is 2.03. The average molecular weight is 501 g/mol. The molecule has 1 aromatic carbocycles. The zero-order valence-electron chi connectivity index (χ0n) is 20.1. The van der Waals surface area contributed by atoms with Gasteiger partial charge in [0.25, 0.3) is 5.91 Å². The maximum Gasteiger partial charge on any atom is 0.252 e. The maximum atomic E-state index is 12.5. The van der Waals surface area contributed by atoms with Gasteiger partial charge in [0.2, 0.25) is 5.91 Å². The lowest BCUT2D eigenvalue weighted by Crippen LogP contribution is -2.32. The van der Waals surface area contributed by atoms with E-state index in [1.54, 1.807) is 22.4 Å². The molecule has 3 aromatic heterocycles. The minimum absolute atomic E-state index is 0.117. The molecule has 4 aromatic rings. The second kappa shape index (κ2) is 10.4. The second-order valence-electron chi connectivity index (χ2n) is 8.98. The number of primary amides is 1. The number of carbonyl (C=O) groups is 2. The highest BCUT2D eigenvalue weighted by Gasteiger charge is 2.20. The first-order valence-corrected chi connectivity index (χ1v) is 12.8. The van der Waals surface area contributed by atoms with Crippen molar-refractivity contribution in [3.8, 4) is 0 Å². The minimum atomic E-state index is -0.527. The number of nitrogens with one attached hydrogen (secondary N) is 1. The molecule has 4 heterocycles. The molecule has 0 spiro atoms. The summed E-state index contributed by atoms with van der Waals surface area (Å²) in [5, 5.41) is 6.66. The molecule has 0 aliphatic carbocycles. The lowest BCUT2D eigenvalue weighted by molar-refractivity contribution is -0.118. The van der Waals surface area contributed by atoms with E-state index in [1.807, 2.05) is 31.3 Å². The summed E-state index contributed by atoms with van der Waals surface area (Å²) in [6.07, 6.45) is 4.26. The first-order valence-electron chi connectivity index (χ1n) is 11.9. The van der Waals surface area contributed by atoms with Crippen molar-refractivity contribution in [3.63, 3.8) is 0 Å². The first-order chi connectivity index (χ1) is 17.5. The van der Waals surface area contributed by atoms with E-state index < -0.39 is 5.91 Å². The van der Waals surface area contributed by atoms with Gasteiger partial charge >= 0.3 is 0 Å². The molecule has 0 radical (unpaired) electrons. The van der Waals surface area contributed by atoms with Gasteiger partial charge in [0, 0.05) is 61.3 Å². The summed E-state index contributed by atoms with van der Waals surface area (Å²) in [6.45, 7) is 2.82. The lowest BCUT2D eigenvalue weighted by Gasteiger charge is -2.20. The van der Waals surface area contributed by atoms with Crippen LogP contribution in [0, 0.1) is 0 Å². The highest BCUT2D eigenvalue weighted by atomic mass is 32.1. The van der Waals surface area contributed by atoms with Crippen molar-refractivity contribution >= 4 is 44.6 Å². The second-order valence-corrected chi connectivity index (χ2v) is 9.89. The Bertz CT molecular complexity index is 1400. The van der Waals surface area contributed by atoms with E-state index in [4.69, 9.17) is 5.73 Å². The molecule has 1 fully saturated rings. The summed E-state index contributed by atoms with van der Waals surface area (Å²) in [6, 6.07) is 14.0. The lowest BCUT2D eigenvalue weighted by atomic mass is 10.1. The molecular weight excluding hydrogens is 472 g/mol. The Morgan fingerprint density at radius 1 is 1.08 bits per heavy atom. The van der Waals surface area contributed by atoms with Crippen LogP contribution in [-0.2, 0) is 17.8 Å². The molecule has 0 atom stereocenters. The molecule has 3 N–H and O–H groups in total. The normalized spacial score (nSPS) is 14.7. The van der Waals surface area contributed by atoms with Crippen molar-refractivity contribution < 1.29 is 9.59 Å². The van der Waals surface area contributed by atoms with E-state index in [0.717, 1.165) is 35.7 Å². The number of thiophene rings is 1. The molecule has 1 aliphatic rings.